The Morgan fingerprint density at radius 2 is 2.11 bits per heavy atom. The summed E-state index contributed by atoms with van der Waals surface area (Å²) in [6.07, 6.45) is -3.65. The summed E-state index contributed by atoms with van der Waals surface area (Å²) in [5, 5.41) is 0. The molecule has 0 aliphatic carbocycles. The quantitative estimate of drug-likeness (QED) is 0.618. The number of ketones is 1. The molecule has 2 rings (SSSR count). The molecule has 0 saturated carbocycles. The molecule has 0 N–H and O–H groups in total. The van der Waals surface area contributed by atoms with E-state index in [1.165, 1.54) is 12.1 Å². The second kappa shape index (κ2) is 4.26. The van der Waals surface area contributed by atoms with Gasteiger partial charge in [-0.2, -0.15) is 8.78 Å². The van der Waals surface area contributed by atoms with Crippen LogP contribution in [0.4, 0.5) is 17.6 Å². The molecule has 0 fully saturated rings. The fraction of sp³-hybridized carbons (Fsp3) is 0.417. The number of ether oxygens (including phenoxy) is 1. The van der Waals surface area contributed by atoms with Crippen LogP contribution >= 0.6 is 0 Å². The molecule has 2 nitrogen and oxygen atoms in total. The first-order valence-electron chi connectivity index (χ1n) is 5.32. The summed E-state index contributed by atoms with van der Waals surface area (Å²) in [6.45, 7) is 1.79. The summed E-state index contributed by atoms with van der Waals surface area (Å²) in [5.74, 6) is -6.02. The highest BCUT2D eigenvalue weighted by atomic mass is 19.3. The van der Waals surface area contributed by atoms with Gasteiger partial charge < -0.3 is 4.74 Å². The van der Waals surface area contributed by atoms with Crippen LogP contribution in [0.2, 0.25) is 0 Å². The van der Waals surface area contributed by atoms with E-state index in [2.05, 4.69) is 0 Å². The molecule has 1 aromatic carbocycles. The maximum Gasteiger partial charge on any atom is 0.368 e. The molecular weight excluding hydrogens is 252 g/mol. The number of alkyl halides is 4. The number of hydrogen-bond acceptors (Lipinski definition) is 2. The zero-order valence-electron chi connectivity index (χ0n) is 9.42. The third-order valence-corrected chi connectivity index (χ3v) is 2.74. The average molecular weight is 262 g/mol. The van der Waals surface area contributed by atoms with Crippen molar-refractivity contribution in [1.29, 1.82) is 0 Å². The van der Waals surface area contributed by atoms with Crippen LogP contribution in [0.3, 0.4) is 0 Å². The maximum atomic E-state index is 12.9. The lowest BCUT2D eigenvalue weighted by molar-refractivity contribution is -0.0958. The van der Waals surface area contributed by atoms with Crippen molar-refractivity contribution < 1.29 is 27.1 Å². The van der Waals surface area contributed by atoms with E-state index in [0.717, 1.165) is 6.07 Å². The van der Waals surface area contributed by atoms with Crippen molar-refractivity contribution in [2.75, 3.05) is 0 Å². The molecule has 0 bridgehead atoms. The van der Waals surface area contributed by atoms with Crippen molar-refractivity contribution in [1.82, 2.24) is 0 Å². The SMILES string of the molecule is CC1Cc2cc(C(=O)C(F)(F)C(F)F)ccc2O1. The predicted octanol–water partition coefficient (Wildman–Crippen LogP) is 3.09. The molecule has 6 heteroatoms. The third kappa shape index (κ3) is 2.07. The van der Waals surface area contributed by atoms with Crippen LogP contribution in [0.5, 0.6) is 5.75 Å². The van der Waals surface area contributed by atoms with Gasteiger partial charge >= 0.3 is 12.3 Å². The van der Waals surface area contributed by atoms with Gasteiger partial charge in [0.1, 0.15) is 11.9 Å². The summed E-state index contributed by atoms with van der Waals surface area (Å²) >= 11 is 0. The van der Waals surface area contributed by atoms with Gasteiger partial charge in [-0.1, -0.05) is 0 Å². The molecule has 0 amide bonds. The van der Waals surface area contributed by atoms with Crippen molar-refractivity contribution in [3.63, 3.8) is 0 Å². The monoisotopic (exact) mass is 262 g/mol. The normalized spacial score (nSPS) is 18.7. The van der Waals surface area contributed by atoms with Crippen molar-refractivity contribution in [3.8, 4) is 5.75 Å². The Labute approximate surface area is 101 Å². The molecule has 1 aliphatic rings. The number of carbonyl (C=O) groups excluding carboxylic acids is 1. The van der Waals surface area contributed by atoms with Crippen molar-refractivity contribution in [3.05, 3.63) is 29.3 Å². The Kier molecular flexibility index (Phi) is 3.04. The van der Waals surface area contributed by atoms with E-state index in [0.29, 0.717) is 17.7 Å². The molecule has 1 unspecified atom stereocenters. The number of benzene rings is 1. The van der Waals surface area contributed by atoms with Crippen molar-refractivity contribution >= 4 is 5.78 Å². The highest BCUT2D eigenvalue weighted by Gasteiger charge is 2.49. The van der Waals surface area contributed by atoms with E-state index in [9.17, 15) is 22.4 Å². The van der Waals surface area contributed by atoms with Crippen LogP contribution in [-0.2, 0) is 6.42 Å². The second-order valence-electron chi connectivity index (χ2n) is 4.21. The van der Waals surface area contributed by atoms with Crippen molar-refractivity contribution in [2.45, 2.75) is 31.8 Å². The zero-order valence-corrected chi connectivity index (χ0v) is 9.42. The summed E-state index contributed by atoms with van der Waals surface area (Å²) in [4.78, 5) is 11.3. The van der Waals surface area contributed by atoms with E-state index in [1.807, 2.05) is 0 Å². The Morgan fingerprint density at radius 3 is 2.72 bits per heavy atom. The van der Waals surface area contributed by atoms with Gasteiger partial charge in [-0.3, -0.25) is 4.79 Å². The van der Waals surface area contributed by atoms with E-state index < -0.39 is 23.7 Å². The number of halogens is 4. The molecule has 0 aromatic heterocycles. The second-order valence-corrected chi connectivity index (χ2v) is 4.21. The number of fused-ring (bicyclic) bond motifs is 1. The number of hydrogen-bond donors (Lipinski definition) is 0. The zero-order chi connectivity index (χ0) is 13.5. The number of Topliss-reactive ketones (excluding diaryl/α,β-unsaturated/α-hetero) is 1. The largest absolute Gasteiger partial charge is 0.490 e. The van der Waals surface area contributed by atoms with Gasteiger partial charge in [-0.25, -0.2) is 8.78 Å². The third-order valence-electron chi connectivity index (χ3n) is 2.74. The fourth-order valence-electron chi connectivity index (χ4n) is 1.85. The highest BCUT2D eigenvalue weighted by Crippen LogP contribution is 2.32. The molecule has 0 radical (unpaired) electrons. The van der Waals surface area contributed by atoms with E-state index in [4.69, 9.17) is 4.74 Å². The Balaban J connectivity index is 2.31. The average Bonchev–Trinajstić information content (AvgIpc) is 2.66. The first-order chi connectivity index (χ1) is 8.32. The van der Waals surface area contributed by atoms with E-state index in [1.54, 1.807) is 6.92 Å². The lowest BCUT2D eigenvalue weighted by Crippen LogP contribution is -2.36. The molecule has 1 aliphatic heterocycles. The summed E-state index contributed by atoms with van der Waals surface area (Å²) in [7, 11) is 0. The Hall–Kier alpha value is -1.59. The lowest BCUT2D eigenvalue weighted by atomic mass is 10.0. The van der Waals surface area contributed by atoms with Crippen LogP contribution in [-0.4, -0.2) is 24.2 Å². The van der Waals surface area contributed by atoms with Gasteiger partial charge in [-0.05, 0) is 30.7 Å². The maximum absolute atomic E-state index is 12.9. The fourth-order valence-corrected chi connectivity index (χ4v) is 1.85. The first-order valence-corrected chi connectivity index (χ1v) is 5.32. The minimum Gasteiger partial charge on any atom is -0.490 e. The Bertz CT molecular complexity index is 485. The first kappa shape index (κ1) is 12.9. The van der Waals surface area contributed by atoms with Crippen LogP contribution in [0.25, 0.3) is 0 Å². The molecule has 0 spiro atoms. The van der Waals surface area contributed by atoms with E-state index in [-0.39, 0.29) is 6.10 Å². The topological polar surface area (TPSA) is 26.3 Å². The van der Waals surface area contributed by atoms with Gasteiger partial charge in [0.2, 0.25) is 5.78 Å². The molecule has 1 heterocycles. The van der Waals surface area contributed by atoms with Gasteiger partial charge in [0.25, 0.3) is 0 Å². The molecule has 98 valence electrons. The summed E-state index contributed by atoms with van der Waals surface area (Å²) in [6, 6.07) is 3.63. The lowest BCUT2D eigenvalue weighted by Gasteiger charge is -2.14. The van der Waals surface area contributed by atoms with Crippen LogP contribution in [0.1, 0.15) is 22.8 Å². The van der Waals surface area contributed by atoms with Gasteiger partial charge in [0, 0.05) is 12.0 Å². The number of rotatable bonds is 3. The molecule has 0 saturated heterocycles. The van der Waals surface area contributed by atoms with E-state index >= 15 is 0 Å². The van der Waals surface area contributed by atoms with Crippen molar-refractivity contribution in [2.24, 2.45) is 0 Å². The summed E-state index contributed by atoms with van der Waals surface area (Å²) < 4.78 is 55.4. The minimum atomic E-state index is -4.65. The van der Waals surface area contributed by atoms with Crippen LogP contribution in [0, 0.1) is 0 Å². The molecular formula is C12H10F4O2. The Morgan fingerprint density at radius 1 is 1.44 bits per heavy atom. The standard InChI is InChI=1S/C12H10F4O2/c1-6-4-8-5-7(2-3-9(8)18-6)10(17)12(15,16)11(13)14/h2-3,5-6,11H,4H2,1H3. The van der Waals surface area contributed by atoms with Crippen LogP contribution < -0.4 is 4.74 Å². The molecule has 1 aromatic rings. The number of carbonyl (C=O) groups is 1. The molecule has 18 heavy (non-hydrogen) atoms. The van der Waals surface area contributed by atoms with Crippen LogP contribution in [0.15, 0.2) is 18.2 Å². The molecule has 1 atom stereocenters. The van der Waals surface area contributed by atoms with Gasteiger partial charge in [-0.15, -0.1) is 0 Å². The highest BCUT2D eigenvalue weighted by molar-refractivity contribution is 6.02. The van der Waals surface area contributed by atoms with Gasteiger partial charge in [0.15, 0.2) is 0 Å². The predicted molar refractivity (Wildman–Crippen MR) is 55.5 cm³/mol. The smallest absolute Gasteiger partial charge is 0.368 e. The minimum absolute atomic E-state index is 0.110. The summed E-state index contributed by atoms with van der Waals surface area (Å²) in [5.41, 5.74) is 0.162. The van der Waals surface area contributed by atoms with Gasteiger partial charge in [0.05, 0.1) is 0 Å².